The zero-order chi connectivity index (χ0) is 16.0. The Hall–Kier alpha value is -0.880. The van der Waals surface area contributed by atoms with Crippen molar-refractivity contribution in [3.63, 3.8) is 0 Å². The maximum Gasteiger partial charge on any atom is 0.150 e. The van der Waals surface area contributed by atoms with Crippen LogP contribution in [0, 0.1) is 19.8 Å². The summed E-state index contributed by atoms with van der Waals surface area (Å²) >= 11 is 0. The molecule has 122 valence electrons. The van der Waals surface area contributed by atoms with Crippen molar-refractivity contribution in [2.75, 3.05) is 18.1 Å². The lowest BCUT2D eigenvalue weighted by Gasteiger charge is -2.08. The molecule has 21 heavy (non-hydrogen) atoms. The van der Waals surface area contributed by atoms with Crippen molar-refractivity contribution in [3.8, 4) is 0 Å². The number of nitrogens with one attached hydrogen (secondary N) is 1. The van der Waals surface area contributed by atoms with E-state index in [0.29, 0.717) is 18.9 Å². The first kappa shape index (κ1) is 18.2. The van der Waals surface area contributed by atoms with E-state index < -0.39 is 9.84 Å². The standard InChI is InChI=1S/C15H29N3O2S/c1-6-21(19,20)9-7-8-18-14(5)15(13(4)17-18)11-16-10-12(2)3/h12,16H,6-11H2,1-5H3. The molecule has 0 saturated heterocycles. The predicted octanol–water partition coefficient (Wildman–Crippen LogP) is 2.07. The van der Waals surface area contributed by atoms with E-state index >= 15 is 0 Å². The third kappa shape index (κ3) is 5.79. The van der Waals surface area contributed by atoms with Crippen molar-refractivity contribution in [1.29, 1.82) is 0 Å². The molecule has 0 aliphatic heterocycles. The summed E-state index contributed by atoms with van der Waals surface area (Å²) in [6, 6.07) is 0. The Kier molecular flexibility index (Phi) is 6.87. The highest BCUT2D eigenvalue weighted by Gasteiger charge is 2.12. The molecule has 1 heterocycles. The second kappa shape index (κ2) is 7.94. The molecule has 0 fully saturated rings. The number of rotatable bonds is 9. The minimum absolute atomic E-state index is 0.217. The Morgan fingerprint density at radius 2 is 1.95 bits per heavy atom. The van der Waals surface area contributed by atoms with Gasteiger partial charge in [0.25, 0.3) is 0 Å². The average Bonchev–Trinajstić information content (AvgIpc) is 2.66. The summed E-state index contributed by atoms with van der Waals surface area (Å²) in [7, 11) is -2.88. The molecule has 1 aromatic rings. The Balaban J connectivity index is 2.61. The highest BCUT2D eigenvalue weighted by Crippen LogP contribution is 2.13. The van der Waals surface area contributed by atoms with Gasteiger partial charge in [-0.2, -0.15) is 5.10 Å². The Morgan fingerprint density at radius 3 is 2.52 bits per heavy atom. The average molecular weight is 315 g/mol. The lowest BCUT2D eigenvalue weighted by Crippen LogP contribution is -2.19. The number of nitrogens with zero attached hydrogens (tertiary/aromatic N) is 2. The van der Waals surface area contributed by atoms with E-state index in [4.69, 9.17) is 0 Å². The third-order valence-corrected chi connectivity index (χ3v) is 5.44. The maximum absolute atomic E-state index is 11.5. The van der Waals surface area contributed by atoms with Gasteiger partial charge in [0.05, 0.1) is 11.4 Å². The fourth-order valence-corrected chi connectivity index (χ4v) is 3.13. The molecule has 5 nitrogen and oxygen atoms in total. The van der Waals surface area contributed by atoms with Crippen LogP contribution in [-0.4, -0.2) is 36.2 Å². The van der Waals surface area contributed by atoms with E-state index in [-0.39, 0.29) is 11.5 Å². The predicted molar refractivity (Wildman–Crippen MR) is 87.2 cm³/mol. The molecule has 0 bridgehead atoms. The van der Waals surface area contributed by atoms with Gasteiger partial charge in [0, 0.05) is 30.1 Å². The van der Waals surface area contributed by atoms with Gasteiger partial charge in [0.2, 0.25) is 0 Å². The van der Waals surface area contributed by atoms with E-state index in [9.17, 15) is 8.42 Å². The van der Waals surface area contributed by atoms with Gasteiger partial charge in [-0.05, 0) is 32.7 Å². The molecular weight excluding hydrogens is 286 g/mol. The fourth-order valence-electron chi connectivity index (χ4n) is 2.27. The highest BCUT2D eigenvalue weighted by atomic mass is 32.2. The van der Waals surface area contributed by atoms with Gasteiger partial charge in [-0.3, -0.25) is 4.68 Å². The minimum atomic E-state index is -2.88. The normalized spacial score (nSPS) is 12.3. The quantitative estimate of drug-likeness (QED) is 0.758. The molecule has 0 aromatic carbocycles. The van der Waals surface area contributed by atoms with Gasteiger partial charge in [-0.1, -0.05) is 20.8 Å². The Bertz CT molecular complexity index is 548. The Labute approximate surface area is 129 Å². The lowest BCUT2D eigenvalue weighted by molar-refractivity contribution is 0.548. The van der Waals surface area contributed by atoms with E-state index in [1.807, 2.05) is 11.6 Å². The third-order valence-electron chi connectivity index (χ3n) is 3.65. The van der Waals surface area contributed by atoms with Crippen LogP contribution in [0.15, 0.2) is 0 Å². The number of hydrogen-bond donors (Lipinski definition) is 1. The van der Waals surface area contributed by atoms with Gasteiger partial charge in [-0.25, -0.2) is 8.42 Å². The van der Waals surface area contributed by atoms with E-state index in [2.05, 4.69) is 31.2 Å². The summed E-state index contributed by atoms with van der Waals surface area (Å²) < 4.78 is 25.0. The van der Waals surface area contributed by atoms with Gasteiger partial charge in [-0.15, -0.1) is 0 Å². The van der Waals surface area contributed by atoms with Crippen LogP contribution in [0.1, 0.15) is 44.1 Å². The molecule has 0 amide bonds. The summed E-state index contributed by atoms with van der Waals surface area (Å²) in [5.41, 5.74) is 3.40. The van der Waals surface area contributed by atoms with Crippen LogP contribution >= 0.6 is 0 Å². The van der Waals surface area contributed by atoms with Crippen molar-refractivity contribution in [1.82, 2.24) is 15.1 Å². The SMILES string of the molecule is CCS(=O)(=O)CCCn1nc(C)c(CNCC(C)C)c1C. The van der Waals surface area contributed by atoms with E-state index in [0.717, 1.165) is 24.5 Å². The number of aryl methyl sites for hydroxylation is 2. The monoisotopic (exact) mass is 315 g/mol. The number of aromatic nitrogens is 2. The summed E-state index contributed by atoms with van der Waals surface area (Å²) in [5.74, 6) is 1.08. The Morgan fingerprint density at radius 1 is 1.29 bits per heavy atom. The van der Waals surface area contributed by atoms with Gasteiger partial charge >= 0.3 is 0 Å². The molecule has 1 N–H and O–H groups in total. The van der Waals surface area contributed by atoms with Crippen LogP contribution in [-0.2, 0) is 22.9 Å². The van der Waals surface area contributed by atoms with Crippen molar-refractivity contribution in [3.05, 3.63) is 17.0 Å². The zero-order valence-corrected chi connectivity index (χ0v) is 14.8. The minimum Gasteiger partial charge on any atom is -0.312 e. The molecule has 0 saturated carbocycles. The summed E-state index contributed by atoms with van der Waals surface area (Å²) in [6.45, 7) is 12.6. The molecule has 0 spiro atoms. The largest absolute Gasteiger partial charge is 0.312 e. The molecule has 0 aliphatic rings. The van der Waals surface area contributed by atoms with E-state index in [1.165, 1.54) is 5.56 Å². The summed E-state index contributed by atoms with van der Waals surface area (Å²) in [5, 5.41) is 7.97. The molecule has 6 heteroatoms. The van der Waals surface area contributed by atoms with Crippen LogP contribution in [0.3, 0.4) is 0 Å². The van der Waals surface area contributed by atoms with Crippen molar-refractivity contribution >= 4 is 9.84 Å². The van der Waals surface area contributed by atoms with Gasteiger partial charge < -0.3 is 5.32 Å². The molecule has 1 aromatic heterocycles. The molecule has 0 unspecified atom stereocenters. The van der Waals surface area contributed by atoms with Crippen molar-refractivity contribution < 1.29 is 8.42 Å². The first-order chi connectivity index (χ1) is 9.76. The van der Waals surface area contributed by atoms with Crippen molar-refractivity contribution in [2.45, 2.75) is 54.1 Å². The second-order valence-corrected chi connectivity index (χ2v) is 8.46. The highest BCUT2D eigenvalue weighted by molar-refractivity contribution is 7.91. The lowest BCUT2D eigenvalue weighted by atomic mass is 10.2. The number of hydrogen-bond acceptors (Lipinski definition) is 4. The first-order valence-electron chi connectivity index (χ1n) is 7.70. The molecule has 1 rings (SSSR count). The first-order valence-corrected chi connectivity index (χ1v) is 9.53. The fraction of sp³-hybridized carbons (Fsp3) is 0.800. The molecule has 0 aliphatic carbocycles. The van der Waals surface area contributed by atoms with Crippen LogP contribution in [0.25, 0.3) is 0 Å². The van der Waals surface area contributed by atoms with Crippen LogP contribution in [0.4, 0.5) is 0 Å². The smallest absolute Gasteiger partial charge is 0.150 e. The molecule has 0 radical (unpaired) electrons. The topological polar surface area (TPSA) is 64.0 Å². The molecule has 0 atom stereocenters. The number of sulfone groups is 1. The van der Waals surface area contributed by atoms with Crippen LogP contribution in [0.2, 0.25) is 0 Å². The second-order valence-electron chi connectivity index (χ2n) is 5.99. The summed E-state index contributed by atoms with van der Waals surface area (Å²) in [6.07, 6.45) is 0.622. The molecular formula is C15H29N3O2S. The summed E-state index contributed by atoms with van der Waals surface area (Å²) in [4.78, 5) is 0. The van der Waals surface area contributed by atoms with Crippen molar-refractivity contribution in [2.24, 2.45) is 5.92 Å². The van der Waals surface area contributed by atoms with Gasteiger partial charge in [0.15, 0.2) is 0 Å². The maximum atomic E-state index is 11.5. The van der Waals surface area contributed by atoms with E-state index in [1.54, 1.807) is 6.92 Å². The van der Waals surface area contributed by atoms with Gasteiger partial charge in [0.1, 0.15) is 9.84 Å². The zero-order valence-electron chi connectivity index (χ0n) is 13.9. The van der Waals surface area contributed by atoms with Crippen LogP contribution in [0.5, 0.6) is 0 Å². The van der Waals surface area contributed by atoms with Crippen LogP contribution < -0.4 is 5.32 Å².